The Morgan fingerprint density at radius 1 is 1.19 bits per heavy atom. The van der Waals surface area contributed by atoms with Crippen molar-refractivity contribution in [2.24, 2.45) is 5.92 Å². The Morgan fingerprint density at radius 3 is 2.50 bits per heavy atom. The fourth-order valence-electron chi connectivity index (χ4n) is 4.38. The number of morpholine rings is 1. The Balaban J connectivity index is 0.00000363. The zero-order valence-corrected chi connectivity index (χ0v) is 20.9. The van der Waals surface area contributed by atoms with Crippen LogP contribution < -0.4 is 0 Å². The monoisotopic (exact) mass is 488 g/mol. The lowest BCUT2D eigenvalue weighted by Crippen LogP contribution is -2.47. The molecule has 10 heteroatoms. The molecule has 0 N–H and O–H groups in total. The van der Waals surface area contributed by atoms with Gasteiger partial charge < -0.3 is 14.1 Å². The van der Waals surface area contributed by atoms with Crippen LogP contribution in [-0.4, -0.2) is 82.9 Å². The zero-order chi connectivity index (χ0) is 22.1. The van der Waals surface area contributed by atoms with Crippen LogP contribution in [0.4, 0.5) is 0 Å². The number of nitrogens with zero attached hydrogens (tertiary/aromatic N) is 4. The molecule has 1 aliphatic carbocycles. The number of ketones is 1. The first-order chi connectivity index (χ1) is 15.1. The molecule has 1 aromatic rings. The summed E-state index contributed by atoms with van der Waals surface area (Å²) in [6.45, 7) is 8.47. The summed E-state index contributed by atoms with van der Waals surface area (Å²) in [6, 6.07) is -0.440. The fourth-order valence-corrected chi connectivity index (χ4v) is 5.14. The number of hydrogen-bond donors (Lipinski definition) is 0. The molecular weight excluding hydrogens is 452 g/mol. The average molecular weight is 489 g/mol. The van der Waals surface area contributed by atoms with Crippen LogP contribution in [0.25, 0.3) is 0 Å². The van der Waals surface area contributed by atoms with E-state index in [0.29, 0.717) is 11.6 Å². The Hall–Kier alpha value is -1.16. The molecule has 2 heterocycles. The quantitative estimate of drug-likeness (QED) is 0.201. The fraction of sp³-hybridized carbons (Fsp3) is 0.818. The first-order valence-corrected chi connectivity index (χ1v) is 12.6. The summed E-state index contributed by atoms with van der Waals surface area (Å²) in [6.07, 6.45) is 7.94. The van der Waals surface area contributed by atoms with Gasteiger partial charge in [-0.2, -0.15) is 0 Å². The number of thioether (sulfide) groups is 1. The number of rotatable bonds is 11. The SMILES string of the molecule is CC(C)C[C@@H](C(=O)c1nnc(SCCN2CCOCC2)o1)N(C=O)C1CCCCCC1.Cl. The van der Waals surface area contributed by atoms with Crippen LogP contribution in [0.15, 0.2) is 9.64 Å². The van der Waals surface area contributed by atoms with Crippen molar-refractivity contribution in [3.05, 3.63) is 5.89 Å². The second-order valence-electron chi connectivity index (χ2n) is 8.88. The number of Topliss-reactive ketones (excluding diaryl/α,β-unsaturated/α-hetero) is 1. The summed E-state index contributed by atoms with van der Waals surface area (Å²) >= 11 is 1.46. The molecule has 1 amide bonds. The summed E-state index contributed by atoms with van der Waals surface area (Å²) < 4.78 is 11.1. The average Bonchev–Trinajstić information content (AvgIpc) is 3.08. The van der Waals surface area contributed by atoms with Crippen molar-refractivity contribution in [2.75, 3.05) is 38.6 Å². The molecule has 0 bridgehead atoms. The van der Waals surface area contributed by atoms with Crippen LogP contribution in [0.3, 0.4) is 0 Å². The van der Waals surface area contributed by atoms with E-state index in [2.05, 4.69) is 28.9 Å². The van der Waals surface area contributed by atoms with Gasteiger partial charge in [-0.05, 0) is 25.2 Å². The molecule has 2 aliphatic rings. The van der Waals surface area contributed by atoms with Gasteiger partial charge in [0.25, 0.3) is 11.1 Å². The second kappa shape index (κ2) is 14.2. The first-order valence-electron chi connectivity index (χ1n) is 11.6. The third kappa shape index (κ3) is 8.01. The largest absolute Gasteiger partial charge is 0.408 e. The zero-order valence-electron chi connectivity index (χ0n) is 19.2. The number of amides is 1. The molecule has 0 spiro atoms. The van der Waals surface area contributed by atoms with Gasteiger partial charge in [-0.3, -0.25) is 14.5 Å². The Kier molecular flexibility index (Phi) is 12.0. The topological polar surface area (TPSA) is 88.8 Å². The molecule has 182 valence electrons. The van der Waals surface area contributed by atoms with Gasteiger partial charge >= 0.3 is 0 Å². The number of aromatic nitrogens is 2. The van der Waals surface area contributed by atoms with E-state index in [9.17, 15) is 9.59 Å². The number of hydrogen-bond acceptors (Lipinski definition) is 8. The summed E-state index contributed by atoms with van der Waals surface area (Å²) in [7, 11) is 0. The van der Waals surface area contributed by atoms with Crippen LogP contribution in [0, 0.1) is 5.92 Å². The molecule has 1 aliphatic heterocycles. The predicted octanol–water partition coefficient (Wildman–Crippen LogP) is 3.69. The van der Waals surface area contributed by atoms with E-state index in [4.69, 9.17) is 9.15 Å². The van der Waals surface area contributed by atoms with Crippen molar-refractivity contribution < 1.29 is 18.7 Å². The Labute approximate surface area is 201 Å². The lowest BCUT2D eigenvalue weighted by molar-refractivity contribution is -0.122. The van der Waals surface area contributed by atoms with Crippen molar-refractivity contribution in [3.63, 3.8) is 0 Å². The third-order valence-corrected chi connectivity index (χ3v) is 6.88. The molecule has 0 aromatic carbocycles. The van der Waals surface area contributed by atoms with Crippen molar-refractivity contribution in [1.82, 2.24) is 20.0 Å². The van der Waals surface area contributed by atoms with Crippen LogP contribution in [0.1, 0.15) is 69.5 Å². The maximum absolute atomic E-state index is 13.3. The minimum Gasteiger partial charge on any atom is -0.408 e. The summed E-state index contributed by atoms with van der Waals surface area (Å²) in [5.74, 6) is 0.860. The van der Waals surface area contributed by atoms with E-state index < -0.39 is 6.04 Å². The van der Waals surface area contributed by atoms with Gasteiger partial charge in [0.2, 0.25) is 12.2 Å². The van der Waals surface area contributed by atoms with Gasteiger partial charge in [0.15, 0.2) is 0 Å². The summed E-state index contributed by atoms with van der Waals surface area (Å²) in [5, 5.41) is 8.51. The lowest BCUT2D eigenvalue weighted by Gasteiger charge is -2.34. The number of halogens is 1. The standard InChI is InChI=1S/C22H36N4O4S.ClH/c1-17(2)15-19(26(16-27)18-7-5-3-4-6-8-18)20(28)21-23-24-22(30-21)31-14-11-25-9-12-29-13-10-25;/h16-19H,3-15H2,1-2H3;1H/t19-;/m0./s1. The van der Waals surface area contributed by atoms with E-state index in [1.54, 1.807) is 4.90 Å². The first kappa shape index (κ1) is 27.1. The second-order valence-corrected chi connectivity index (χ2v) is 9.93. The molecule has 3 rings (SSSR count). The van der Waals surface area contributed by atoms with Crippen LogP contribution in [0.2, 0.25) is 0 Å². The molecule has 1 saturated carbocycles. The molecular formula is C22H37ClN4O4S. The highest BCUT2D eigenvalue weighted by Gasteiger charge is 2.34. The molecule has 1 atom stereocenters. The molecule has 8 nitrogen and oxygen atoms in total. The van der Waals surface area contributed by atoms with E-state index in [-0.39, 0.29) is 36.0 Å². The molecule has 0 radical (unpaired) electrons. The normalized spacial score (nSPS) is 19.2. The van der Waals surface area contributed by atoms with Crippen molar-refractivity contribution >= 4 is 36.4 Å². The number of carbonyl (C=O) groups is 2. The highest BCUT2D eigenvalue weighted by molar-refractivity contribution is 7.99. The number of carbonyl (C=O) groups excluding carboxylic acids is 2. The Bertz CT molecular complexity index is 691. The van der Waals surface area contributed by atoms with Gasteiger partial charge in [-0.1, -0.05) is 51.3 Å². The van der Waals surface area contributed by atoms with Gasteiger partial charge in [-0.25, -0.2) is 0 Å². The van der Waals surface area contributed by atoms with Gasteiger partial charge in [0.1, 0.15) is 6.04 Å². The van der Waals surface area contributed by atoms with Crippen LogP contribution in [0.5, 0.6) is 0 Å². The summed E-state index contributed by atoms with van der Waals surface area (Å²) in [5.41, 5.74) is 0. The van der Waals surface area contributed by atoms with E-state index >= 15 is 0 Å². The van der Waals surface area contributed by atoms with Crippen molar-refractivity contribution in [2.45, 2.75) is 76.1 Å². The van der Waals surface area contributed by atoms with Crippen molar-refractivity contribution in [3.8, 4) is 0 Å². The highest BCUT2D eigenvalue weighted by Crippen LogP contribution is 2.27. The maximum atomic E-state index is 13.3. The maximum Gasteiger partial charge on any atom is 0.286 e. The molecule has 2 fully saturated rings. The van der Waals surface area contributed by atoms with Crippen LogP contribution >= 0.6 is 24.2 Å². The predicted molar refractivity (Wildman–Crippen MR) is 126 cm³/mol. The summed E-state index contributed by atoms with van der Waals surface area (Å²) in [4.78, 5) is 29.5. The highest BCUT2D eigenvalue weighted by atomic mass is 35.5. The van der Waals surface area contributed by atoms with Gasteiger partial charge in [0.05, 0.1) is 13.2 Å². The molecule has 1 saturated heterocycles. The Morgan fingerprint density at radius 2 is 1.88 bits per heavy atom. The van der Waals surface area contributed by atoms with E-state index in [0.717, 1.165) is 70.7 Å². The minimum absolute atomic E-state index is 0. The van der Waals surface area contributed by atoms with Crippen LogP contribution in [-0.2, 0) is 9.53 Å². The van der Waals surface area contributed by atoms with E-state index in [1.807, 2.05) is 0 Å². The van der Waals surface area contributed by atoms with Crippen molar-refractivity contribution in [1.29, 1.82) is 0 Å². The molecule has 32 heavy (non-hydrogen) atoms. The lowest BCUT2D eigenvalue weighted by atomic mass is 9.95. The number of ether oxygens (including phenoxy) is 1. The smallest absolute Gasteiger partial charge is 0.286 e. The van der Waals surface area contributed by atoms with E-state index in [1.165, 1.54) is 24.6 Å². The molecule has 1 aromatic heterocycles. The van der Waals surface area contributed by atoms with Gasteiger partial charge in [0, 0.05) is 31.4 Å². The third-order valence-electron chi connectivity index (χ3n) is 6.08. The minimum atomic E-state index is -0.549. The molecule has 0 unspecified atom stereocenters. The van der Waals surface area contributed by atoms with Gasteiger partial charge in [-0.15, -0.1) is 22.6 Å².